The van der Waals surface area contributed by atoms with E-state index in [0.29, 0.717) is 17.5 Å². The number of halogens is 3. The van der Waals surface area contributed by atoms with E-state index in [-0.39, 0.29) is 35.2 Å². The van der Waals surface area contributed by atoms with Gasteiger partial charge in [-0.25, -0.2) is 4.39 Å². The van der Waals surface area contributed by atoms with Crippen LogP contribution in [0, 0.1) is 5.82 Å². The van der Waals surface area contributed by atoms with Crippen LogP contribution in [-0.4, -0.2) is 30.5 Å². The molecule has 0 aromatic heterocycles. The van der Waals surface area contributed by atoms with Crippen LogP contribution >= 0.6 is 35.6 Å². The molecule has 0 saturated carbocycles. The minimum Gasteiger partial charge on any atom is -0.370 e. The topological polar surface area (TPSA) is 41.6 Å². The predicted molar refractivity (Wildman–Crippen MR) is 99.3 cm³/mol. The van der Waals surface area contributed by atoms with Gasteiger partial charge in [-0.05, 0) is 31.5 Å². The van der Waals surface area contributed by atoms with Crippen LogP contribution in [0.3, 0.4) is 0 Å². The first-order valence-corrected chi connectivity index (χ1v) is 7.20. The van der Waals surface area contributed by atoms with Gasteiger partial charge >= 0.3 is 0 Å². The Kier molecular flexibility index (Phi) is 8.54. The second-order valence-corrected chi connectivity index (χ2v) is 5.76. The average molecular weight is 428 g/mol. The monoisotopic (exact) mass is 427 g/mol. The Balaban J connectivity index is 0.00000400. The van der Waals surface area contributed by atoms with Gasteiger partial charge in [-0.15, -0.1) is 24.0 Å². The van der Waals surface area contributed by atoms with Crippen LogP contribution in [-0.2, 0) is 5.41 Å². The zero-order valence-corrected chi connectivity index (χ0v) is 16.1. The normalized spacial score (nSPS) is 12.0. The third-order valence-electron chi connectivity index (χ3n) is 3.38. The Morgan fingerprint density at radius 1 is 1.33 bits per heavy atom. The highest BCUT2D eigenvalue weighted by Gasteiger charge is 2.23. The van der Waals surface area contributed by atoms with Crippen LogP contribution in [0.2, 0.25) is 5.02 Å². The molecule has 0 amide bonds. The summed E-state index contributed by atoms with van der Waals surface area (Å²) in [5, 5.41) is 0.423. The molecule has 0 aliphatic heterocycles. The smallest absolute Gasteiger partial charge is 0.191 e. The van der Waals surface area contributed by atoms with E-state index in [1.54, 1.807) is 6.07 Å². The van der Waals surface area contributed by atoms with Crippen molar-refractivity contribution in [2.75, 3.05) is 19.6 Å². The van der Waals surface area contributed by atoms with Crippen LogP contribution in [0.4, 0.5) is 4.39 Å². The van der Waals surface area contributed by atoms with Crippen LogP contribution in [0.15, 0.2) is 23.2 Å². The van der Waals surface area contributed by atoms with E-state index >= 15 is 0 Å². The molecule has 21 heavy (non-hydrogen) atoms. The van der Waals surface area contributed by atoms with Crippen molar-refractivity contribution in [3.05, 3.63) is 34.6 Å². The third kappa shape index (κ3) is 5.62. The van der Waals surface area contributed by atoms with Crippen molar-refractivity contribution in [2.24, 2.45) is 10.7 Å². The molecule has 1 aromatic carbocycles. The summed E-state index contributed by atoms with van der Waals surface area (Å²) in [7, 11) is 0. The largest absolute Gasteiger partial charge is 0.370 e. The van der Waals surface area contributed by atoms with E-state index in [9.17, 15) is 4.39 Å². The van der Waals surface area contributed by atoms with Crippen LogP contribution in [0.5, 0.6) is 0 Å². The first-order valence-electron chi connectivity index (χ1n) is 6.82. The molecule has 2 N–H and O–H groups in total. The average Bonchev–Trinajstić information content (AvgIpc) is 2.37. The van der Waals surface area contributed by atoms with E-state index in [1.807, 2.05) is 32.6 Å². The predicted octanol–water partition coefficient (Wildman–Crippen LogP) is 4.03. The van der Waals surface area contributed by atoms with Gasteiger partial charge in [0.25, 0.3) is 0 Å². The van der Waals surface area contributed by atoms with Crippen molar-refractivity contribution in [1.29, 1.82) is 0 Å². The number of benzene rings is 1. The standard InChI is InChI=1S/C15H23ClFN3.HI/c1-5-20(6-2)14(18)19-10-15(3,4)12-8-7-11(17)9-13(12)16;/h7-9H,5-6,10H2,1-4H3,(H2,18,19);1H. The van der Waals surface area contributed by atoms with E-state index in [2.05, 4.69) is 4.99 Å². The first kappa shape index (κ1) is 20.4. The van der Waals surface area contributed by atoms with Crippen LogP contribution < -0.4 is 5.73 Å². The molecular formula is C15H24ClFIN3. The summed E-state index contributed by atoms with van der Waals surface area (Å²) >= 11 is 6.12. The van der Waals surface area contributed by atoms with E-state index in [0.717, 1.165) is 18.7 Å². The van der Waals surface area contributed by atoms with Gasteiger partial charge in [0.2, 0.25) is 0 Å². The summed E-state index contributed by atoms with van der Waals surface area (Å²) in [6.07, 6.45) is 0. The molecule has 1 rings (SSSR count). The maximum atomic E-state index is 13.1. The lowest BCUT2D eigenvalue weighted by Gasteiger charge is -2.26. The first-order chi connectivity index (χ1) is 9.31. The quantitative estimate of drug-likeness (QED) is 0.438. The number of rotatable bonds is 5. The molecule has 3 nitrogen and oxygen atoms in total. The Labute approximate surface area is 148 Å². The lowest BCUT2D eigenvalue weighted by Crippen LogP contribution is -2.38. The maximum Gasteiger partial charge on any atom is 0.191 e. The van der Waals surface area contributed by atoms with Gasteiger partial charge in [-0.1, -0.05) is 31.5 Å². The lowest BCUT2D eigenvalue weighted by molar-refractivity contribution is 0.451. The van der Waals surface area contributed by atoms with Gasteiger partial charge in [0.15, 0.2) is 5.96 Å². The second-order valence-electron chi connectivity index (χ2n) is 5.35. The molecular weight excluding hydrogens is 404 g/mol. The van der Waals surface area contributed by atoms with Crippen LogP contribution in [0.1, 0.15) is 33.3 Å². The molecule has 6 heteroatoms. The Morgan fingerprint density at radius 2 is 1.90 bits per heavy atom. The molecule has 0 atom stereocenters. The molecule has 1 aromatic rings. The van der Waals surface area contributed by atoms with Crippen molar-refractivity contribution in [1.82, 2.24) is 4.90 Å². The fourth-order valence-corrected chi connectivity index (χ4v) is 2.47. The highest BCUT2D eigenvalue weighted by Crippen LogP contribution is 2.30. The van der Waals surface area contributed by atoms with Gasteiger partial charge in [0, 0.05) is 23.5 Å². The molecule has 0 spiro atoms. The molecule has 0 bridgehead atoms. The summed E-state index contributed by atoms with van der Waals surface area (Å²) in [5.41, 5.74) is 6.54. The SMILES string of the molecule is CCN(CC)C(N)=NCC(C)(C)c1ccc(F)cc1Cl.I. The minimum atomic E-state index is -0.333. The van der Waals surface area contributed by atoms with Gasteiger partial charge in [0.1, 0.15) is 5.82 Å². The van der Waals surface area contributed by atoms with E-state index in [4.69, 9.17) is 17.3 Å². The second kappa shape index (κ2) is 8.78. The highest BCUT2D eigenvalue weighted by molar-refractivity contribution is 14.0. The zero-order valence-electron chi connectivity index (χ0n) is 13.0. The summed E-state index contributed by atoms with van der Waals surface area (Å²) in [5.74, 6) is 0.196. The van der Waals surface area contributed by atoms with Crippen molar-refractivity contribution in [2.45, 2.75) is 33.1 Å². The maximum absolute atomic E-state index is 13.1. The van der Waals surface area contributed by atoms with Gasteiger partial charge in [0.05, 0.1) is 6.54 Å². The Hall–Kier alpha value is -0.560. The molecule has 0 aliphatic rings. The van der Waals surface area contributed by atoms with Crippen molar-refractivity contribution in [3.63, 3.8) is 0 Å². The van der Waals surface area contributed by atoms with Crippen molar-refractivity contribution < 1.29 is 4.39 Å². The third-order valence-corrected chi connectivity index (χ3v) is 3.70. The molecule has 0 fully saturated rings. The summed E-state index contributed by atoms with van der Waals surface area (Å²) in [6, 6.07) is 4.46. The van der Waals surface area contributed by atoms with Gasteiger partial charge in [-0.3, -0.25) is 4.99 Å². The number of aliphatic imine (C=N–C) groups is 1. The highest BCUT2D eigenvalue weighted by atomic mass is 127. The minimum absolute atomic E-state index is 0. The number of hydrogen-bond donors (Lipinski definition) is 1. The fraction of sp³-hybridized carbons (Fsp3) is 0.533. The zero-order chi connectivity index (χ0) is 15.3. The number of nitrogens with zero attached hydrogens (tertiary/aromatic N) is 2. The lowest BCUT2D eigenvalue weighted by atomic mass is 9.84. The van der Waals surface area contributed by atoms with E-state index in [1.165, 1.54) is 12.1 Å². The molecule has 0 unspecified atom stereocenters. The molecule has 0 radical (unpaired) electrons. The molecule has 0 heterocycles. The summed E-state index contributed by atoms with van der Waals surface area (Å²) in [6.45, 7) is 10.3. The number of guanidine groups is 1. The van der Waals surface area contributed by atoms with Crippen LogP contribution in [0.25, 0.3) is 0 Å². The van der Waals surface area contributed by atoms with Gasteiger partial charge in [-0.2, -0.15) is 0 Å². The summed E-state index contributed by atoms with van der Waals surface area (Å²) in [4.78, 5) is 6.43. The van der Waals surface area contributed by atoms with Crippen molar-refractivity contribution in [3.8, 4) is 0 Å². The van der Waals surface area contributed by atoms with Gasteiger partial charge < -0.3 is 10.6 Å². The number of hydrogen-bond acceptors (Lipinski definition) is 1. The molecule has 120 valence electrons. The summed E-state index contributed by atoms with van der Waals surface area (Å²) < 4.78 is 13.1. The van der Waals surface area contributed by atoms with Crippen molar-refractivity contribution >= 4 is 41.5 Å². The number of nitrogens with two attached hydrogens (primary N) is 1. The van der Waals surface area contributed by atoms with E-state index < -0.39 is 0 Å². The Bertz CT molecular complexity index is 488. The Morgan fingerprint density at radius 3 is 2.38 bits per heavy atom. The fourth-order valence-electron chi connectivity index (χ4n) is 2.05. The molecule has 0 saturated heterocycles. The molecule has 0 aliphatic carbocycles.